The van der Waals surface area contributed by atoms with E-state index in [0.717, 1.165) is 45.6 Å². The molecule has 0 aliphatic carbocycles. The lowest BCUT2D eigenvalue weighted by Gasteiger charge is -2.20. The van der Waals surface area contributed by atoms with Crippen molar-refractivity contribution < 1.29 is 4.79 Å². The second kappa shape index (κ2) is 8.65. The highest BCUT2D eigenvalue weighted by Crippen LogP contribution is 2.33. The first-order valence-electron chi connectivity index (χ1n) is 10.8. The van der Waals surface area contributed by atoms with Gasteiger partial charge in [0.05, 0.1) is 5.57 Å². The van der Waals surface area contributed by atoms with Crippen LogP contribution in [0.25, 0.3) is 17.0 Å². The third-order valence-corrected chi connectivity index (χ3v) is 7.15. The Balaban J connectivity index is 1.60. The van der Waals surface area contributed by atoms with Crippen molar-refractivity contribution in [1.82, 2.24) is 9.58 Å². The number of hydrogen-bond acceptors (Lipinski definition) is 4. The van der Waals surface area contributed by atoms with Crippen LogP contribution >= 0.6 is 23.4 Å². The molecule has 0 bridgehead atoms. The predicted molar refractivity (Wildman–Crippen MR) is 137 cm³/mol. The zero-order valence-corrected chi connectivity index (χ0v) is 19.9. The quantitative estimate of drug-likeness (QED) is 0.455. The van der Waals surface area contributed by atoms with E-state index in [0.29, 0.717) is 16.7 Å². The molecule has 2 aliphatic heterocycles. The topological polar surface area (TPSA) is 73.8 Å². The third-order valence-electron chi connectivity index (χ3n) is 5.81. The van der Waals surface area contributed by atoms with Crippen LogP contribution < -0.4 is 0 Å². The average Bonchev–Trinajstić information content (AvgIpc) is 3.32. The fraction of sp³-hybridized carbons (Fsp3) is 0.200. The van der Waals surface area contributed by atoms with Gasteiger partial charge in [-0.25, -0.2) is 0 Å². The van der Waals surface area contributed by atoms with Crippen LogP contribution in [0.3, 0.4) is 0 Å². The summed E-state index contributed by atoms with van der Waals surface area (Å²) in [6, 6.07) is 15.9. The summed E-state index contributed by atoms with van der Waals surface area (Å²) in [5, 5.41) is 17.7. The maximum atomic E-state index is 12.9. The van der Waals surface area contributed by atoms with Gasteiger partial charge in [0.25, 0.3) is 5.91 Å². The van der Waals surface area contributed by atoms with E-state index in [2.05, 4.69) is 27.7 Å². The Labute approximate surface area is 201 Å². The largest absolute Gasteiger partial charge is 0.340 e. The number of hydrogen-bond donors (Lipinski definition) is 1. The minimum absolute atomic E-state index is 0.0611. The van der Waals surface area contributed by atoms with E-state index in [4.69, 9.17) is 17.0 Å². The number of carbonyl (C=O) groups is 1. The van der Waals surface area contributed by atoms with Crippen LogP contribution in [0.5, 0.6) is 0 Å². The lowest BCUT2D eigenvalue weighted by atomic mass is 10.1. The molecule has 1 N–H and O–H groups in total. The molecular weight excluding hydrogens is 454 g/mol. The van der Waals surface area contributed by atoms with Gasteiger partial charge in [-0.2, -0.15) is 15.1 Å². The monoisotopic (exact) mass is 475 g/mol. The van der Waals surface area contributed by atoms with Crippen molar-refractivity contribution in [3.05, 3.63) is 75.9 Å². The van der Waals surface area contributed by atoms with Gasteiger partial charge in [-0.15, -0.1) is 0 Å². The van der Waals surface area contributed by atoms with E-state index < -0.39 is 5.91 Å². The third kappa shape index (κ3) is 3.81. The molecule has 2 aliphatic rings. The lowest BCUT2D eigenvalue weighted by Crippen LogP contribution is -2.35. The van der Waals surface area contributed by atoms with E-state index in [1.165, 1.54) is 16.8 Å². The maximum absolute atomic E-state index is 12.9. The standard InChI is InChI=1S/C25H22ClN5OS/c1-3-8-22-29-31-23(27)19(24(32)28-25(31)33-22)13-18-15(2)30(21-12-7-5-10-17(18)21)14-16-9-4-6-11-20(16)26/h4-7,9-13,27H,3,8,14H2,1-2H3. The number of amidine groups is 2. The van der Waals surface area contributed by atoms with Gasteiger partial charge in [0, 0.05) is 33.7 Å². The molecule has 3 aromatic rings. The van der Waals surface area contributed by atoms with E-state index in [-0.39, 0.29) is 11.4 Å². The van der Waals surface area contributed by atoms with Gasteiger partial charge < -0.3 is 4.57 Å². The van der Waals surface area contributed by atoms with Crippen LogP contribution in [-0.2, 0) is 11.3 Å². The number of para-hydroxylation sites is 1. The fourth-order valence-corrected chi connectivity index (χ4v) is 5.31. The van der Waals surface area contributed by atoms with Gasteiger partial charge >= 0.3 is 0 Å². The van der Waals surface area contributed by atoms with Crippen LogP contribution in [0.4, 0.5) is 0 Å². The molecule has 1 aromatic heterocycles. The van der Waals surface area contributed by atoms with Crippen LogP contribution in [0.2, 0.25) is 5.02 Å². The van der Waals surface area contributed by atoms with Crippen LogP contribution in [0.15, 0.2) is 64.2 Å². The van der Waals surface area contributed by atoms with Crippen molar-refractivity contribution >= 4 is 62.3 Å². The van der Waals surface area contributed by atoms with Crippen molar-refractivity contribution in [2.75, 3.05) is 0 Å². The predicted octanol–water partition coefficient (Wildman–Crippen LogP) is 6.07. The first kappa shape index (κ1) is 21.7. The van der Waals surface area contributed by atoms with E-state index >= 15 is 0 Å². The first-order chi connectivity index (χ1) is 16.0. The van der Waals surface area contributed by atoms with Crippen LogP contribution in [-0.4, -0.2) is 31.5 Å². The number of rotatable bonds is 5. The molecule has 0 fully saturated rings. The molecule has 8 heteroatoms. The van der Waals surface area contributed by atoms with Gasteiger partial charge in [0.15, 0.2) is 5.84 Å². The molecule has 0 saturated carbocycles. The molecule has 6 nitrogen and oxygen atoms in total. The summed E-state index contributed by atoms with van der Waals surface area (Å²) in [6.07, 6.45) is 3.53. The van der Waals surface area contributed by atoms with E-state index in [9.17, 15) is 4.79 Å². The normalized spacial score (nSPS) is 17.1. The van der Waals surface area contributed by atoms with Gasteiger partial charge in [-0.3, -0.25) is 10.2 Å². The van der Waals surface area contributed by atoms with E-state index in [1.54, 1.807) is 6.08 Å². The minimum atomic E-state index is -0.408. The Morgan fingerprint density at radius 1 is 1.15 bits per heavy atom. The second-order valence-electron chi connectivity index (χ2n) is 7.96. The number of aliphatic imine (C=N–C) groups is 1. The van der Waals surface area contributed by atoms with Crippen molar-refractivity contribution in [2.45, 2.75) is 33.2 Å². The van der Waals surface area contributed by atoms with Crippen molar-refractivity contribution in [1.29, 1.82) is 5.41 Å². The Kier molecular flexibility index (Phi) is 5.68. The summed E-state index contributed by atoms with van der Waals surface area (Å²) < 4.78 is 2.19. The Hall–Kier alpha value is -3.16. The highest BCUT2D eigenvalue weighted by Gasteiger charge is 2.35. The zero-order valence-electron chi connectivity index (χ0n) is 18.3. The average molecular weight is 476 g/mol. The highest BCUT2D eigenvalue weighted by molar-refractivity contribution is 8.26. The number of nitrogens with one attached hydrogen (secondary N) is 1. The fourth-order valence-electron chi connectivity index (χ4n) is 4.13. The first-order valence-corrected chi connectivity index (χ1v) is 12.0. The molecule has 0 atom stereocenters. The Morgan fingerprint density at radius 2 is 1.91 bits per heavy atom. The number of benzene rings is 2. The molecule has 33 heavy (non-hydrogen) atoms. The molecule has 166 valence electrons. The molecule has 3 heterocycles. The van der Waals surface area contributed by atoms with Gasteiger partial charge in [0.2, 0.25) is 5.17 Å². The number of thioether (sulfide) groups is 1. The van der Waals surface area contributed by atoms with Gasteiger partial charge in [-0.1, -0.05) is 54.9 Å². The van der Waals surface area contributed by atoms with Crippen LogP contribution in [0.1, 0.15) is 36.6 Å². The minimum Gasteiger partial charge on any atom is -0.340 e. The lowest BCUT2D eigenvalue weighted by molar-refractivity contribution is -0.114. The zero-order chi connectivity index (χ0) is 23.1. The number of hydrazone groups is 1. The number of halogens is 1. The highest BCUT2D eigenvalue weighted by atomic mass is 35.5. The molecular formula is C25H22ClN5OS. The maximum Gasteiger partial charge on any atom is 0.283 e. The number of nitrogens with zero attached hydrogens (tertiary/aromatic N) is 4. The summed E-state index contributed by atoms with van der Waals surface area (Å²) in [4.78, 5) is 17.1. The second-order valence-corrected chi connectivity index (χ2v) is 9.41. The molecule has 5 rings (SSSR count). The summed E-state index contributed by atoms with van der Waals surface area (Å²) in [7, 11) is 0. The summed E-state index contributed by atoms with van der Waals surface area (Å²) in [6.45, 7) is 4.71. The summed E-state index contributed by atoms with van der Waals surface area (Å²) >= 11 is 7.80. The Bertz CT molecular complexity index is 1400. The number of carbonyl (C=O) groups excluding carboxylic acids is 1. The molecule has 0 unspecified atom stereocenters. The molecule has 1 amide bonds. The number of amides is 1. The SMILES string of the molecule is CCCC1=NN2C(=N)C(=Cc3c(C)n(Cc4ccccc4Cl)c4ccccc34)C(=O)N=C2S1. The van der Waals surface area contributed by atoms with Crippen molar-refractivity contribution in [3.8, 4) is 0 Å². The summed E-state index contributed by atoms with van der Waals surface area (Å²) in [5.74, 6) is -0.347. The Morgan fingerprint density at radius 3 is 2.70 bits per heavy atom. The van der Waals surface area contributed by atoms with E-state index in [1.807, 2.05) is 49.4 Å². The molecule has 0 spiro atoms. The van der Waals surface area contributed by atoms with Crippen LogP contribution in [0, 0.1) is 12.3 Å². The van der Waals surface area contributed by atoms with Gasteiger partial charge in [-0.05, 0) is 55.3 Å². The number of aromatic nitrogens is 1. The molecule has 0 saturated heterocycles. The summed E-state index contributed by atoms with van der Waals surface area (Å²) in [5.41, 5.74) is 4.19. The van der Waals surface area contributed by atoms with Crippen molar-refractivity contribution in [2.24, 2.45) is 10.1 Å². The van der Waals surface area contributed by atoms with Crippen molar-refractivity contribution in [3.63, 3.8) is 0 Å². The molecule has 0 radical (unpaired) electrons. The number of fused-ring (bicyclic) bond motifs is 2. The van der Waals surface area contributed by atoms with Gasteiger partial charge in [0.1, 0.15) is 5.04 Å². The smallest absolute Gasteiger partial charge is 0.283 e. The molecule has 2 aromatic carbocycles.